The lowest BCUT2D eigenvalue weighted by Crippen LogP contribution is -2.16. The fourth-order valence-electron chi connectivity index (χ4n) is 3.30. The highest BCUT2D eigenvalue weighted by molar-refractivity contribution is 5.70. The summed E-state index contributed by atoms with van der Waals surface area (Å²) in [6.07, 6.45) is 22.1. The maximum absolute atomic E-state index is 11.2. The molecule has 0 aromatic heterocycles. The Morgan fingerprint density at radius 1 is 0.536 bits per heavy atom. The molecule has 0 aliphatic heterocycles. The van der Waals surface area contributed by atoms with Crippen LogP contribution in [0.4, 0.5) is 0 Å². The summed E-state index contributed by atoms with van der Waals surface area (Å²) in [6.45, 7) is 6.28. The quantitative estimate of drug-likeness (QED) is 0.139. The lowest BCUT2D eigenvalue weighted by Gasteiger charge is -2.06. The first-order valence-corrected chi connectivity index (χ1v) is 12.1. The molecule has 0 spiro atoms. The van der Waals surface area contributed by atoms with Crippen LogP contribution in [0.5, 0.6) is 0 Å². The van der Waals surface area contributed by atoms with Gasteiger partial charge in [0, 0.05) is 13.2 Å². The van der Waals surface area contributed by atoms with Crippen LogP contribution in [-0.2, 0) is 19.0 Å². The Bertz CT molecular complexity index is 307. The molecule has 0 bridgehead atoms. The summed E-state index contributed by atoms with van der Waals surface area (Å²) in [4.78, 5) is 11.2. The van der Waals surface area contributed by atoms with E-state index in [1.807, 2.05) is 6.92 Å². The third-order valence-electron chi connectivity index (χ3n) is 5.06. The molecule has 0 aliphatic rings. The highest BCUT2D eigenvalue weighted by atomic mass is 16.6. The van der Waals surface area contributed by atoms with Gasteiger partial charge in [-0.2, -0.15) is 0 Å². The van der Waals surface area contributed by atoms with E-state index in [2.05, 4.69) is 6.92 Å². The summed E-state index contributed by atoms with van der Waals surface area (Å²) in [5, 5.41) is 0. The minimum atomic E-state index is -0.312. The van der Waals surface area contributed by atoms with E-state index >= 15 is 0 Å². The third kappa shape index (κ3) is 23.4. The Morgan fingerprint density at radius 3 is 1.46 bits per heavy atom. The van der Waals surface area contributed by atoms with Crippen molar-refractivity contribution in [3.63, 3.8) is 0 Å². The average Bonchev–Trinajstić information content (AvgIpc) is 2.70. The molecule has 0 aliphatic carbocycles. The zero-order chi connectivity index (χ0) is 20.5. The maximum atomic E-state index is 11.2. The predicted molar refractivity (Wildman–Crippen MR) is 118 cm³/mol. The second-order valence-corrected chi connectivity index (χ2v) is 7.77. The molecule has 0 unspecified atom stereocenters. The van der Waals surface area contributed by atoms with E-state index < -0.39 is 0 Å². The molecule has 0 N–H and O–H groups in total. The number of unbranched alkanes of at least 4 members (excludes halogenated alkanes) is 15. The molecule has 0 fully saturated rings. The molecule has 4 heteroatoms. The second kappa shape index (κ2) is 24.4. The average molecular weight is 401 g/mol. The molecular formula is C24H48O4. The van der Waals surface area contributed by atoms with Crippen molar-refractivity contribution >= 4 is 5.97 Å². The summed E-state index contributed by atoms with van der Waals surface area (Å²) in [5.41, 5.74) is 0. The fraction of sp³-hybridized carbons (Fsp3) is 0.958. The molecule has 0 aromatic carbocycles. The Kier molecular flexibility index (Phi) is 23.9. The summed E-state index contributed by atoms with van der Waals surface area (Å²) in [6, 6.07) is 0. The monoisotopic (exact) mass is 400 g/mol. The number of rotatable bonds is 23. The van der Waals surface area contributed by atoms with Gasteiger partial charge in [0.2, 0.25) is 0 Å². The number of ether oxygens (including phenoxy) is 3. The summed E-state index contributed by atoms with van der Waals surface area (Å²) < 4.78 is 15.5. The fourth-order valence-corrected chi connectivity index (χ4v) is 3.30. The van der Waals surface area contributed by atoms with Gasteiger partial charge in [-0.15, -0.1) is 0 Å². The minimum absolute atomic E-state index is 0.0373. The van der Waals surface area contributed by atoms with Gasteiger partial charge >= 0.3 is 5.97 Å². The molecular weight excluding hydrogens is 352 g/mol. The minimum Gasteiger partial charge on any atom is -0.462 e. The first-order chi connectivity index (χ1) is 13.8. The molecule has 28 heavy (non-hydrogen) atoms. The number of hydrogen-bond acceptors (Lipinski definition) is 4. The first-order valence-electron chi connectivity index (χ1n) is 12.1. The van der Waals surface area contributed by atoms with Crippen LogP contribution in [0.3, 0.4) is 0 Å². The standard InChI is InChI=1S/C24H48O4/c1-3-5-6-7-8-9-10-11-12-13-14-15-16-17-18-19-20-27-21-22-28-24(25)23-26-4-2/h3-23H2,1-2H3. The van der Waals surface area contributed by atoms with Gasteiger partial charge in [-0.3, -0.25) is 0 Å². The number of esters is 1. The third-order valence-corrected chi connectivity index (χ3v) is 5.06. The van der Waals surface area contributed by atoms with Gasteiger partial charge in [0.15, 0.2) is 0 Å². The number of carbonyl (C=O) groups excluding carboxylic acids is 1. The molecule has 0 amide bonds. The van der Waals surface area contributed by atoms with Crippen LogP contribution in [0.15, 0.2) is 0 Å². The molecule has 0 atom stereocenters. The van der Waals surface area contributed by atoms with Crippen LogP contribution < -0.4 is 0 Å². The zero-order valence-corrected chi connectivity index (χ0v) is 19.0. The van der Waals surface area contributed by atoms with Gasteiger partial charge < -0.3 is 14.2 Å². The lowest BCUT2D eigenvalue weighted by atomic mass is 10.0. The number of carbonyl (C=O) groups is 1. The normalized spacial score (nSPS) is 11.1. The number of hydrogen-bond donors (Lipinski definition) is 0. The van der Waals surface area contributed by atoms with Crippen LogP contribution in [-0.4, -0.2) is 39.0 Å². The van der Waals surface area contributed by atoms with Gasteiger partial charge in [-0.25, -0.2) is 4.79 Å². The van der Waals surface area contributed by atoms with Crippen molar-refractivity contribution in [3.8, 4) is 0 Å². The van der Waals surface area contributed by atoms with Crippen molar-refractivity contribution in [2.75, 3.05) is 33.0 Å². The van der Waals surface area contributed by atoms with Gasteiger partial charge in [-0.1, -0.05) is 103 Å². The van der Waals surface area contributed by atoms with Crippen LogP contribution in [0, 0.1) is 0 Å². The van der Waals surface area contributed by atoms with Crippen molar-refractivity contribution in [3.05, 3.63) is 0 Å². The molecule has 0 aromatic rings. The molecule has 0 rings (SSSR count). The molecule has 0 saturated carbocycles. The van der Waals surface area contributed by atoms with E-state index in [1.165, 1.54) is 96.3 Å². The van der Waals surface area contributed by atoms with Crippen LogP contribution >= 0.6 is 0 Å². The van der Waals surface area contributed by atoms with E-state index in [0.717, 1.165) is 13.0 Å². The largest absolute Gasteiger partial charge is 0.462 e. The lowest BCUT2D eigenvalue weighted by molar-refractivity contribution is -0.150. The van der Waals surface area contributed by atoms with E-state index in [4.69, 9.17) is 14.2 Å². The van der Waals surface area contributed by atoms with E-state index in [9.17, 15) is 4.79 Å². The predicted octanol–water partition coefficient (Wildman–Crippen LogP) is 6.84. The molecule has 168 valence electrons. The topological polar surface area (TPSA) is 44.8 Å². The van der Waals surface area contributed by atoms with Gasteiger partial charge in [-0.05, 0) is 13.3 Å². The van der Waals surface area contributed by atoms with Crippen LogP contribution in [0.2, 0.25) is 0 Å². The highest BCUT2D eigenvalue weighted by Crippen LogP contribution is 2.13. The van der Waals surface area contributed by atoms with Crippen molar-refractivity contribution in [2.24, 2.45) is 0 Å². The SMILES string of the molecule is CCCCCCCCCCCCCCCCCCOCCOC(=O)COCC. The van der Waals surface area contributed by atoms with Crippen LogP contribution in [0.25, 0.3) is 0 Å². The Balaban J connectivity index is 3.04. The molecule has 0 radical (unpaired) electrons. The van der Waals surface area contributed by atoms with Crippen molar-refractivity contribution in [1.82, 2.24) is 0 Å². The highest BCUT2D eigenvalue weighted by Gasteiger charge is 2.01. The van der Waals surface area contributed by atoms with E-state index in [0.29, 0.717) is 19.8 Å². The molecule has 0 heterocycles. The van der Waals surface area contributed by atoms with Crippen molar-refractivity contribution in [1.29, 1.82) is 0 Å². The van der Waals surface area contributed by atoms with Crippen molar-refractivity contribution < 1.29 is 19.0 Å². The van der Waals surface area contributed by atoms with Gasteiger partial charge in [0.05, 0.1) is 6.61 Å². The Hall–Kier alpha value is -0.610. The first kappa shape index (κ1) is 27.4. The zero-order valence-electron chi connectivity index (χ0n) is 19.0. The molecule has 4 nitrogen and oxygen atoms in total. The Morgan fingerprint density at radius 2 is 1.00 bits per heavy atom. The van der Waals surface area contributed by atoms with E-state index in [1.54, 1.807) is 0 Å². The summed E-state index contributed by atoms with van der Waals surface area (Å²) >= 11 is 0. The maximum Gasteiger partial charge on any atom is 0.332 e. The Labute approximate surface area is 175 Å². The van der Waals surface area contributed by atoms with Gasteiger partial charge in [0.1, 0.15) is 13.2 Å². The van der Waals surface area contributed by atoms with E-state index in [-0.39, 0.29) is 12.6 Å². The van der Waals surface area contributed by atoms with Gasteiger partial charge in [0.25, 0.3) is 0 Å². The molecule has 0 saturated heterocycles. The summed E-state index contributed by atoms with van der Waals surface area (Å²) in [7, 11) is 0. The second-order valence-electron chi connectivity index (χ2n) is 7.77. The summed E-state index contributed by atoms with van der Waals surface area (Å²) in [5.74, 6) is -0.312. The van der Waals surface area contributed by atoms with Crippen molar-refractivity contribution in [2.45, 2.75) is 117 Å². The smallest absolute Gasteiger partial charge is 0.332 e. The van der Waals surface area contributed by atoms with Crippen LogP contribution in [0.1, 0.15) is 117 Å².